The van der Waals surface area contributed by atoms with E-state index >= 15 is 0 Å². The van der Waals surface area contributed by atoms with Crippen LogP contribution in [0.15, 0.2) is 82.9 Å². The monoisotopic (exact) mass is 446 g/mol. The molecule has 2 aromatic carbocycles. The van der Waals surface area contributed by atoms with E-state index in [2.05, 4.69) is 58.4 Å². The molecule has 1 saturated heterocycles. The Bertz CT molecular complexity index is 1090. The van der Waals surface area contributed by atoms with Crippen molar-refractivity contribution in [1.82, 2.24) is 19.4 Å². The molecule has 3 aromatic rings. The van der Waals surface area contributed by atoms with E-state index in [0.29, 0.717) is 24.7 Å². The Labute approximate surface area is 191 Å². The Morgan fingerprint density at radius 1 is 0.938 bits per heavy atom. The van der Waals surface area contributed by atoms with E-state index in [4.69, 9.17) is 0 Å². The maximum Gasteiger partial charge on any atom is 0.254 e. The zero-order valence-corrected chi connectivity index (χ0v) is 18.7. The number of amides is 1. The number of nitrogens with zero attached hydrogens (tertiary/aromatic N) is 4. The van der Waals surface area contributed by atoms with Crippen molar-refractivity contribution in [2.45, 2.75) is 23.7 Å². The summed E-state index contributed by atoms with van der Waals surface area (Å²) in [5, 5.41) is 0.716. The largest absolute Gasteiger partial charge is 0.340 e. The highest BCUT2D eigenvalue weighted by molar-refractivity contribution is 7.99. The van der Waals surface area contributed by atoms with Crippen molar-refractivity contribution in [3.05, 3.63) is 94.4 Å². The van der Waals surface area contributed by atoms with Gasteiger partial charge in [-0.2, -0.15) is 0 Å². The maximum atomic E-state index is 13.1. The first-order valence-electron chi connectivity index (χ1n) is 11.0. The molecular weight excluding hydrogens is 420 g/mol. The Kier molecular flexibility index (Phi) is 6.10. The minimum atomic E-state index is -0.108. The average Bonchev–Trinajstić information content (AvgIpc) is 3.25. The second-order valence-electron chi connectivity index (χ2n) is 8.25. The molecule has 7 heteroatoms. The predicted octanol–water partition coefficient (Wildman–Crippen LogP) is 3.21. The molecule has 6 nitrogen and oxygen atoms in total. The van der Waals surface area contributed by atoms with Gasteiger partial charge in [0.25, 0.3) is 5.56 Å². The van der Waals surface area contributed by atoms with E-state index in [1.165, 1.54) is 17.2 Å². The molecule has 0 bridgehead atoms. The van der Waals surface area contributed by atoms with Crippen LogP contribution in [0.5, 0.6) is 0 Å². The normalized spacial score (nSPS) is 18.7. The number of carbonyl (C=O) groups excluding carboxylic acids is 1. The van der Waals surface area contributed by atoms with E-state index < -0.39 is 0 Å². The second kappa shape index (κ2) is 9.30. The van der Waals surface area contributed by atoms with E-state index in [-0.39, 0.29) is 23.6 Å². The van der Waals surface area contributed by atoms with Crippen molar-refractivity contribution in [1.29, 1.82) is 0 Å². The van der Waals surface area contributed by atoms with Crippen LogP contribution in [-0.2, 0) is 4.79 Å². The second-order valence-corrected chi connectivity index (χ2v) is 9.23. The van der Waals surface area contributed by atoms with Gasteiger partial charge in [-0.1, -0.05) is 72.4 Å². The summed E-state index contributed by atoms with van der Waals surface area (Å²) in [6.45, 7) is 3.03. The quantitative estimate of drug-likeness (QED) is 0.564. The summed E-state index contributed by atoms with van der Waals surface area (Å²) in [7, 11) is 0. The van der Waals surface area contributed by atoms with Gasteiger partial charge in [-0.15, -0.1) is 0 Å². The van der Waals surface area contributed by atoms with Gasteiger partial charge >= 0.3 is 0 Å². The Hall–Kier alpha value is -2.90. The van der Waals surface area contributed by atoms with E-state index in [1.807, 2.05) is 17.0 Å². The molecule has 2 aliphatic heterocycles. The Morgan fingerprint density at radius 3 is 2.19 bits per heavy atom. The van der Waals surface area contributed by atoms with Crippen LogP contribution in [0.4, 0.5) is 0 Å². The number of hydrogen-bond acceptors (Lipinski definition) is 5. The van der Waals surface area contributed by atoms with Crippen LogP contribution < -0.4 is 5.56 Å². The first-order valence-corrected chi connectivity index (χ1v) is 12.0. The number of thioether (sulfide) groups is 1. The van der Waals surface area contributed by atoms with E-state index in [0.717, 1.165) is 18.8 Å². The third kappa shape index (κ3) is 4.23. The molecule has 1 atom stereocenters. The van der Waals surface area contributed by atoms with Crippen LogP contribution in [0.3, 0.4) is 0 Å². The molecule has 1 amide bonds. The van der Waals surface area contributed by atoms with Crippen molar-refractivity contribution in [3.63, 3.8) is 0 Å². The van der Waals surface area contributed by atoms with Crippen LogP contribution in [-0.4, -0.2) is 57.2 Å². The molecule has 2 aliphatic rings. The van der Waals surface area contributed by atoms with Gasteiger partial charge in [0.15, 0.2) is 5.16 Å². The summed E-state index contributed by atoms with van der Waals surface area (Å²) in [6.07, 6.45) is 1.90. The van der Waals surface area contributed by atoms with Crippen LogP contribution in [0.2, 0.25) is 0 Å². The predicted molar refractivity (Wildman–Crippen MR) is 126 cm³/mol. The number of piperazine rings is 1. The first-order chi connectivity index (χ1) is 15.7. The Morgan fingerprint density at radius 2 is 1.56 bits per heavy atom. The highest BCUT2D eigenvalue weighted by Crippen LogP contribution is 2.33. The van der Waals surface area contributed by atoms with Gasteiger partial charge in [-0.05, 0) is 11.1 Å². The highest BCUT2D eigenvalue weighted by Gasteiger charge is 2.31. The molecule has 0 radical (unpaired) electrons. The molecule has 3 heterocycles. The fourth-order valence-electron chi connectivity index (χ4n) is 4.68. The van der Waals surface area contributed by atoms with Gasteiger partial charge in [0.05, 0.1) is 12.1 Å². The molecule has 1 aromatic heterocycles. The minimum Gasteiger partial charge on any atom is -0.340 e. The third-order valence-electron chi connectivity index (χ3n) is 6.29. The van der Waals surface area contributed by atoms with Gasteiger partial charge < -0.3 is 4.90 Å². The lowest BCUT2D eigenvalue weighted by molar-refractivity contribution is -0.133. The van der Waals surface area contributed by atoms with E-state index in [9.17, 15) is 9.59 Å². The van der Waals surface area contributed by atoms with Crippen molar-refractivity contribution in [3.8, 4) is 0 Å². The van der Waals surface area contributed by atoms with Crippen molar-refractivity contribution >= 4 is 17.7 Å². The topological polar surface area (TPSA) is 58.4 Å². The molecule has 0 N–H and O–H groups in total. The van der Waals surface area contributed by atoms with Gasteiger partial charge in [-0.25, -0.2) is 4.98 Å². The summed E-state index contributed by atoms with van der Waals surface area (Å²) in [5.41, 5.74) is 2.46. The molecular formula is C25H26N4O2S. The number of benzene rings is 2. The molecule has 0 spiro atoms. The van der Waals surface area contributed by atoms with Gasteiger partial charge in [0.1, 0.15) is 0 Å². The van der Waals surface area contributed by atoms with Gasteiger partial charge in [0.2, 0.25) is 5.91 Å². The zero-order valence-electron chi connectivity index (χ0n) is 17.8. The number of carbonyl (C=O) groups is 1. The van der Waals surface area contributed by atoms with Crippen molar-refractivity contribution in [2.75, 3.05) is 31.9 Å². The number of hydrogen-bond donors (Lipinski definition) is 0. The maximum absolute atomic E-state index is 13.1. The standard InChI is InChI=1S/C25H26N4O2S/c30-22-11-12-26-25-29(22)21(18-32-25)17-23(31)27-13-15-28(16-14-27)24(19-7-3-1-4-8-19)20-9-5-2-6-10-20/h1-12,21,24H,13-18H2/t21-/m0/s1. The third-order valence-corrected chi connectivity index (χ3v) is 7.40. The van der Waals surface area contributed by atoms with Crippen LogP contribution >= 0.6 is 11.8 Å². The summed E-state index contributed by atoms with van der Waals surface area (Å²) in [4.78, 5) is 34.0. The fraction of sp³-hybridized carbons (Fsp3) is 0.320. The van der Waals surface area contributed by atoms with Crippen molar-refractivity contribution in [2.24, 2.45) is 0 Å². The minimum absolute atomic E-state index is 0.0730. The molecule has 0 saturated carbocycles. The number of fused-ring (bicyclic) bond motifs is 1. The molecule has 5 rings (SSSR count). The number of rotatable bonds is 5. The Balaban J connectivity index is 1.26. The lowest BCUT2D eigenvalue weighted by Crippen LogP contribution is -2.50. The summed E-state index contributed by atoms with van der Waals surface area (Å²) in [6, 6.07) is 22.7. The van der Waals surface area contributed by atoms with Crippen LogP contribution in [0, 0.1) is 0 Å². The lowest BCUT2D eigenvalue weighted by Gasteiger charge is -2.40. The average molecular weight is 447 g/mol. The number of aromatic nitrogens is 2. The molecule has 0 aliphatic carbocycles. The molecule has 32 heavy (non-hydrogen) atoms. The fourth-order valence-corrected chi connectivity index (χ4v) is 5.81. The highest BCUT2D eigenvalue weighted by atomic mass is 32.2. The molecule has 1 fully saturated rings. The smallest absolute Gasteiger partial charge is 0.254 e. The molecule has 164 valence electrons. The summed E-state index contributed by atoms with van der Waals surface area (Å²) >= 11 is 1.55. The zero-order chi connectivity index (χ0) is 21.9. The van der Waals surface area contributed by atoms with Gasteiger partial charge in [-0.3, -0.25) is 19.1 Å². The summed E-state index contributed by atoms with van der Waals surface area (Å²) in [5.74, 6) is 0.844. The first kappa shape index (κ1) is 21.0. The van der Waals surface area contributed by atoms with Gasteiger partial charge in [0, 0.05) is 50.6 Å². The summed E-state index contributed by atoms with van der Waals surface area (Å²) < 4.78 is 1.68. The van der Waals surface area contributed by atoms with E-state index in [1.54, 1.807) is 22.5 Å². The van der Waals surface area contributed by atoms with Crippen LogP contribution in [0.1, 0.15) is 29.6 Å². The SMILES string of the molecule is O=C(C[C@H]1CSc2nccc(=O)n21)N1CCN(C(c2ccccc2)c2ccccc2)CC1. The molecule has 0 unspecified atom stereocenters. The van der Waals surface area contributed by atoms with Crippen LogP contribution in [0.25, 0.3) is 0 Å². The lowest BCUT2D eigenvalue weighted by atomic mass is 9.96. The van der Waals surface area contributed by atoms with Crippen molar-refractivity contribution < 1.29 is 4.79 Å².